The molecule has 3 rings (SSSR count). The number of nitrogens with one attached hydrogen (secondary N) is 1. The van der Waals surface area contributed by atoms with Gasteiger partial charge in [-0.1, -0.05) is 23.7 Å². The van der Waals surface area contributed by atoms with E-state index in [1.165, 1.54) is 12.1 Å². The molecular formula is C21H21ClFN3O3. The van der Waals surface area contributed by atoms with Crippen molar-refractivity contribution < 1.29 is 18.8 Å². The Morgan fingerprint density at radius 2 is 1.86 bits per heavy atom. The van der Waals surface area contributed by atoms with Crippen molar-refractivity contribution in [3.63, 3.8) is 0 Å². The molecule has 0 bridgehead atoms. The summed E-state index contributed by atoms with van der Waals surface area (Å²) in [6.07, 6.45) is 1.01. The van der Waals surface area contributed by atoms with Crippen LogP contribution >= 0.6 is 11.6 Å². The van der Waals surface area contributed by atoms with E-state index in [-0.39, 0.29) is 28.3 Å². The van der Waals surface area contributed by atoms with Crippen LogP contribution in [0.5, 0.6) is 0 Å². The van der Waals surface area contributed by atoms with Gasteiger partial charge in [0.1, 0.15) is 5.82 Å². The van der Waals surface area contributed by atoms with Gasteiger partial charge in [0.05, 0.1) is 16.8 Å². The lowest BCUT2D eigenvalue weighted by Crippen LogP contribution is -2.42. The highest BCUT2D eigenvalue weighted by atomic mass is 35.5. The first-order valence-corrected chi connectivity index (χ1v) is 9.60. The molecule has 8 heteroatoms. The highest BCUT2D eigenvalue weighted by Gasteiger charge is 2.28. The van der Waals surface area contributed by atoms with Crippen LogP contribution in [0.15, 0.2) is 36.4 Å². The maximum atomic E-state index is 14.1. The van der Waals surface area contributed by atoms with Crippen LogP contribution in [0, 0.1) is 18.7 Å². The van der Waals surface area contributed by atoms with E-state index in [9.17, 15) is 18.8 Å². The summed E-state index contributed by atoms with van der Waals surface area (Å²) in [6, 6.07) is 8.84. The van der Waals surface area contributed by atoms with E-state index >= 15 is 0 Å². The molecular weight excluding hydrogens is 397 g/mol. The summed E-state index contributed by atoms with van der Waals surface area (Å²) in [5.74, 6) is -2.26. The van der Waals surface area contributed by atoms with Crippen LogP contribution in [0.3, 0.4) is 0 Å². The molecule has 0 spiro atoms. The molecule has 0 aromatic heterocycles. The molecule has 0 atom stereocenters. The number of nitrogens with two attached hydrogens (primary N) is 1. The van der Waals surface area contributed by atoms with E-state index < -0.39 is 11.7 Å². The van der Waals surface area contributed by atoms with Crippen molar-refractivity contribution in [1.82, 2.24) is 4.90 Å². The van der Waals surface area contributed by atoms with Crippen molar-refractivity contribution >= 4 is 35.0 Å². The second kappa shape index (κ2) is 8.61. The van der Waals surface area contributed by atoms with Gasteiger partial charge < -0.3 is 16.0 Å². The number of primary amides is 1. The van der Waals surface area contributed by atoms with Crippen LogP contribution < -0.4 is 11.1 Å². The van der Waals surface area contributed by atoms with Crippen LogP contribution in [0.4, 0.5) is 10.1 Å². The van der Waals surface area contributed by atoms with Crippen molar-refractivity contribution in [2.24, 2.45) is 11.7 Å². The minimum atomic E-state index is -0.746. The fourth-order valence-electron chi connectivity index (χ4n) is 3.44. The third kappa shape index (κ3) is 4.56. The molecule has 0 saturated carbocycles. The summed E-state index contributed by atoms with van der Waals surface area (Å²) in [5, 5.41) is 2.82. The fourth-order valence-corrected chi connectivity index (χ4v) is 3.60. The van der Waals surface area contributed by atoms with Gasteiger partial charge in [-0.05, 0) is 49.6 Å². The van der Waals surface area contributed by atoms with Crippen molar-refractivity contribution in [1.29, 1.82) is 0 Å². The lowest BCUT2D eigenvalue weighted by atomic mass is 9.95. The van der Waals surface area contributed by atoms with Crippen molar-refractivity contribution in [3.05, 3.63) is 63.9 Å². The lowest BCUT2D eigenvalue weighted by molar-refractivity contribution is -0.123. The van der Waals surface area contributed by atoms with Gasteiger partial charge >= 0.3 is 0 Å². The van der Waals surface area contributed by atoms with Gasteiger partial charge in [-0.3, -0.25) is 14.4 Å². The third-order valence-electron chi connectivity index (χ3n) is 5.10. The Balaban J connectivity index is 1.83. The number of piperidine rings is 1. The first kappa shape index (κ1) is 20.8. The van der Waals surface area contributed by atoms with Crippen LogP contribution in [0.1, 0.15) is 39.1 Å². The first-order chi connectivity index (χ1) is 13.8. The molecule has 1 fully saturated rings. The number of benzene rings is 2. The standard InChI is InChI=1S/C21H21ClFN3O3/c1-12-3-2-4-17(25-20(28)15-6-5-14(22)11-16(15)23)18(12)21(29)26-9-7-13(8-10-26)19(24)27/h2-6,11,13H,7-10H2,1H3,(H2,24,27)(H,25,28). The number of hydrogen-bond donors (Lipinski definition) is 2. The Morgan fingerprint density at radius 3 is 2.48 bits per heavy atom. The molecule has 29 heavy (non-hydrogen) atoms. The van der Waals surface area contributed by atoms with Gasteiger partial charge in [-0.15, -0.1) is 0 Å². The highest BCUT2D eigenvalue weighted by Crippen LogP contribution is 2.26. The Labute approximate surface area is 172 Å². The minimum Gasteiger partial charge on any atom is -0.369 e. The molecule has 2 aromatic carbocycles. The van der Waals surface area contributed by atoms with E-state index in [4.69, 9.17) is 17.3 Å². The number of amides is 3. The van der Waals surface area contributed by atoms with Crippen LogP contribution in [-0.4, -0.2) is 35.7 Å². The quantitative estimate of drug-likeness (QED) is 0.798. The number of halogens is 2. The molecule has 3 N–H and O–H groups in total. The van der Waals surface area contributed by atoms with Crippen LogP contribution in [0.2, 0.25) is 5.02 Å². The van der Waals surface area contributed by atoms with Crippen molar-refractivity contribution in [3.8, 4) is 0 Å². The smallest absolute Gasteiger partial charge is 0.258 e. The zero-order valence-electron chi connectivity index (χ0n) is 15.9. The molecule has 152 valence electrons. The number of carbonyl (C=O) groups is 3. The molecule has 2 aromatic rings. The van der Waals surface area contributed by atoms with Gasteiger partial charge in [0, 0.05) is 24.0 Å². The second-order valence-corrected chi connectivity index (χ2v) is 7.48. The van der Waals surface area contributed by atoms with E-state index in [1.54, 1.807) is 30.0 Å². The number of carbonyl (C=O) groups excluding carboxylic acids is 3. The maximum absolute atomic E-state index is 14.1. The predicted octanol–water partition coefficient (Wildman–Crippen LogP) is 3.38. The number of nitrogens with zero attached hydrogens (tertiary/aromatic N) is 1. The van der Waals surface area contributed by atoms with E-state index in [1.807, 2.05) is 0 Å². The van der Waals surface area contributed by atoms with Gasteiger partial charge in [0.15, 0.2) is 0 Å². The fraction of sp³-hybridized carbons (Fsp3) is 0.286. The summed E-state index contributed by atoms with van der Waals surface area (Å²) < 4.78 is 14.1. The molecule has 0 aliphatic carbocycles. The molecule has 1 aliphatic heterocycles. The second-order valence-electron chi connectivity index (χ2n) is 7.04. The average molecular weight is 418 g/mol. The maximum Gasteiger partial charge on any atom is 0.258 e. The summed E-state index contributed by atoms with van der Waals surface area (Å²) in [4.78, 5) is 38.7. The van der Waals surface area contributed by atoms with E-state index in [2.05, 4.69) is 5.32 Å². The average Bonchev–Trinajstić information content (AvgIpc) is 2.67. The Kier molecular flexibility index (Phi) is 6.17. The third-order valence-corrected chi connectivity index (χ3v) is 5.33. The largest absolute Gasteiger partial charge is 0.369 e. The summed E-state index contributed by atoms with van der Waals surface area (Å²) in [6.45, 7) is 2.57. The van der Waals surface area contributed by atoms with Crippen molar-refractivity contribution in [2.45, 2.75) is 19.8 Å². The van der Waals surface area contributed by atoms with E-state index in [0.717, 1.165) is 6.07 Å². The molecule has 1 heterocycles. The first-order valence-electron chi connectivity index (χ1n) is 9.22. The molecule has 0 radical (unpaired) electrons. The molecule has 6 nitrogen and oxygen atoms in total. The minimum absolute atomic E-state index is 0.170. The number of hydrogen-bond acceptors (Lipinski definition) is 3. The molecule has 3 amide bonds. The zero-order chi connectivity index (χ0) is 21.1. The summed E-state index contributed by atoms with van der Waals surface area (Å²) >= 11 is 5.73. The normalized spacial score (nSPS) is 14.5. The number of aryl methyl sites for hydroxylation is 1. The molecule has 1 aliphatic rings. The molecule has 1 saturated heterocycles. The lowest BCUT2D eigenvalue weighted by Gasteiger charge is -2.31. The SMILES string of the molecule is Cc1cccc(NC(=O)c2ccc(Cl)cc2F)c1C(=O)N1CCC(C(N)=O)CC1. The topological polar surface area (TPSA) is 92.5 Å². The molecule has 0 unspecified atom stereocenters. The monoisotopic (exact) mass is 417 g/mol. The number of likely N-dealkylation sites (tertiary alicyclic amines) is 1. The van der Waals surface area contributed by atoms with Crippen LogP contribution in [0.25, 0.3) is 0 Å². The number of rotatable bonds is 4. The van der Waals surface area contributed by atoms with Gasteiger partial charge in [0.2, 0.25) is 5.91 Å². The Morgan fingerprint density at radius 1 is 1.17 bits per heavy atom. The van der Waals surface area contributed by atoms with Crippen molar-refractivity contribution in [2.75, 3.05) is 18.4 Å². The zero-order valence-corrected chi connectivity index (χ0v) is 16.6. The summed E-state index contributed by atoms with van der Waals surface area (Å²) in [5.41, 5.74) is 6.50. The highest BCUT2D eigenvalue weighted by molar-refractivity contribution is 6.30. The van der Waals surface area contributed by atoms with Gasteiger partial charge in [0.25, 0.3) is 11.8 Å². The summed E-state index contributed by atoms with van der Waals surface area (Å²) in [7, 11) is 0. The van der Waals surface area contributed by atoms with Crippen LogP contribution in [-0.2, 0) is 4.79 Å². The van der Waals surface area contributed by atoms with Gasteiger partial charge in [-0.25, -0.2) is 4.39 Å². The predicted molar refractivity (Wildman–Crippen MR) is 108 cm³/mol. The van der Waals surface area contributed by atoms with E-state index in [0.29, 0.717) is 42.7 Å². The Bertz CT molecular complexity index is 972. The Hall–Kier alpha value is -2.93. The van der Waals surface area contributed by atoms with Gasteiger partial charge in [-0.2, -0.15) is 0 Å². The number of anilines is 1.